The summed E-state index contributed by atoms with van der Waals surface area (Å²) >= 11 is 0. The van der Waals surface area contributed by atoms with E-state index < -0.39 is 42.3 Å². The lowest BCUT2D eigenvalue weighted by Gasteiger charge is -2.23. The third-order valence-corrected chi connectivity index (χ3v) is 6.99. The van der Waals surface area contributed by atoms with E-state index in [1.165, 1.54) is 32.9 Å². The summed E-state index contributed by atoms with van der Waals surface area (Å²) in [5.41, 5.74) is 0.370. The largest absolute Gasteiger partial charge is 0.754 e. The van der Waals surface area contributed by atoms with Gasteiger partial charge in [-0.3, -0.25) is 0 Å². The molecule has 0 fully saturated rings. The monoisotopic (exact) mass is 443 g/mol. The van der Waals surface area contributed by atoms with Crippen molar-refractivity contribution in [1.82, 2.24) is 14.7 Å². The van der Waals surface area contributed by atoms with Gasteiger partial charge in [0.05, 0.1) is 5.25 Å². The zero-order chi connectivity index (χ0) is 21.6. The van der Waals surface area contributed by atoms with Gasteiger partial charge in [0, 0.05) is 13.8 Å². The fourth-order valence-corrected chi connectivity index (χ4v) is 4.79. The standard InChI is InChI=1S/C15H17N5O7S2/c1-8-7-11-5-4-6-12(13(11)27-29(8,25)26)28(23,24)19-15(21)18-14-17-9(2)16-10(3)20(14)22/h4-6,8H,7H2,1-3H3,(H2,16,17,18,19,21). The molecule has 3 rings (SSSR count). The molecule has 1 aliphatic rings. The number of nitrogens with one attached hydrogen (secondary N) is 2. The van der Waals surface area contributed by atoms with Gasteiger partial charge < -0.3 is 9.39 Å². The Morgan fingerprint density at radius 1 is 1.31 bits per heavy atom. The molecule has 0 saturated carbocycles. The average Bonchev–Trinajstić information content (AvgIpc) is 2.59. The van der Waals surface area contributed by atoms with Gasteiger partial charge in [0.25, 0.3) is 10.0 Å². The Kier molecular flexibility index (Phi) is 5.08. The van der Waals surface area contributed by atoms with E-state index in [4.69, 9.17) is 4.18 Å². The number of rotatable bonds is 3. The van der Waals surface area contributed by atoms with Gasteiger partial charge in [0.1, 0.15) is 4.90 Å². The summed E-state index contributed by atoms with van der Waals surface area (Å²) in [4.78, 5) is 19.2. The number of aryl methyl sites for hydroxylation is 2. The predicted molar refractivity (Wildman–Crippen MR) is 99.0 cm³/mol. The molecule has 1 unspecified atom stereocenters. The van der Waals surface area contributed by atoms with E-state index in [0.717, 1.165) is 6.07 Å². The van der Waals surface area contributed by atoms with Gasteiger partial charge in [-0.25, -0.2) is 28.0 Å². The first kappa shape index (κ1) is 20.7. The molecule has 0 aliphatic carbocycles. The molecule has 1 atom stereocenters. The van der Waals surface area contributed by atoms with Crippen molar-refractivity contribution in [3.8, 4) is 5.75 Å². The average molecular weight is 443 g/mol. The first-order valence-electron chi connectivity index (χ1n) is 8.24. The first-order chi connectivity index (χ1) is 13.4. The van der Waals surface area contributed by atoms with Crippen molar-refractivity contribution in [2.45, 2.75) is 37.3 Å². The van der Waals surface area contributed by atoms with E-state index >= 15 is 0 Å². The van der Waals surface area contributed by atoms with E-state index in [2.05, 4.69) is 9.97 Å². The number of hydrogen-bond acceptors (Lipinski definition) is 9. The number of hydrogen-bond donors (Lipinski definition) is 2. The maximum atomic E-state index is 12.7. The Labute approximate surface area is 166 Å². The molecule has 2 amide bonds. The summed E-state index contributed by atoms with van der Waals surface area (Å²) in [5.74, 6) is -0.637. The summed E-state index contributed by atoms with van der Waals surface area (Å²) in [5, 5.41) is 13.1. The van der Waals surface area contributed by atoms with Crippen LogP contribution in [0.2, 0.25) is 0 Å². The van der Waals surface area contributed by atoms with Gasteiger partial charge >= 0.3 is 22.1 Å². The fraction of sp³-hybridized carbons (Fsp3) is 0.333. The normalized spacial score (nSPS) is 17.7. The van der Waals surface area contributed by atoms with E-state index in [9.17, 15) is 26.8 Å². The van der Waals surface area contributed by atoms with Crippen LogP contribution in [0.4, 0.5) is 10.7 Å². The highest BCUT2D eigenvalue weighted by Crippen LogP contribution is 2.35. The lowest BCUT2D eigenvalue weighted by Crippen LogP contribution is -2.42. The number of amides is 2. The fourth-order valence-electron chi connectivity index (χ4n) is 2.68. The molecular weight excluding hydrogens is 426 g/mol. The summed E-state index contributed by atoms with van der Waals surface area (Å²) < 4.78 is 56.2. The van der Waals surface area contributed by atoms with Crippen LogP contribution in [0, 0.1) is 19.1 Å². The molecule has 0 bridgehead atoms. The van der Waals surface area contributed by atoms with Crippen LogP contribution in [0.5, 0.6) is 5.75 Å². The molecule has 0 radical (unpaired) electrons. The zero-order valence-corrected chi connectivity index (χ0v) is 17.2. The lowest BCUT2D eigenvalue weighted by atomic mass is 10.1. The smallest absolute Gasteiger partial charge is 0.379 e. The highest BCUT2D eigenvalue weighted by molar-refractivity contribution is 7.90. The minimum atomic E-state index is -4.53. The summed E-state index contributed by atoms with van der Waals surface area (Å²) in [7, 11) is -8.53. The molecule has 2 aromatic rings. The minimum Gasteiger partial charge on any atom is -0.754 e. The Morgan fingerprint density at radius 2 is 2.00 bits per heavy atom. The third-order valence-electron chi connectivity index (χ3n) is 4.08. The van der Waals surface area contributed by atoms with E-state index in [1.54, 1.807) is 4.72 Å². The number of carbonyl (C=O) groups excluding carboxylic acids is 1. The Balaban J connectivity index is 1.90. The number of benzene rings is 1. The van der Waals surface area contributed by atoms with Crippen molar-refractivity contribution < 1.29 is 30.5 Å². The molecule has 2 N–H and O–H groups in total. The maximum Gasteiger partial charge on any atom is 0.379 e. The predicted octanol–water partition coefficient (Wildman–Crippen LogP) is -0.110. The number of para-hydroxylation sites is 1. The Morgan fingerprint density at radius 3 is 2.69 bits per heavy atom. The first-order valence-corrected chi connectivity index (χ1v) is 11.2. The SMILES string of the molecule is Cc1nc(C)[n+]([O-])c(NC(=O)NS(=O)(=O)c2cccc3c2OS(=O)(=O)C(C)C3)n1. The topological polar surface area (TPSA) is 171 Å². The van der Waals surface area contributed by atoms with Crippen LogP contribution in [0.25, 0.3) is 0 Å². The molecule has 2 heterocycles. The second-order valence-corrected chi connectivity index (χ2v) is 9.94. The van der Waals surface area contributed by atoms with Crippen molar-refractivity contribution in [3.63, 3.8) is 0 Å². The maximum absolute atomic E-state index is 12.7. The molecule has 156 valence electrons. The summed E-state index contributed by atoms with van der Waals surface area (Å²) in [6.45, 7) is 4.31. The van der Waals surface area contributed by atoms with Crippen LogP contribution in [0.3, 0.4) is 0 Å². The Hall–Kier alpha value is -3.00. The number of sulfonamides is 1. The van der Waals surface area contributed by atoms with Crippen molar-refractivity contribution in [2.75, 3.05) is 5.32 Å². The van der Waals surface area contributed by atoms with Crippen LogP contribution in [0.1, 0.15) is 24.1 Å². The molecule has 1 aliphatic heterocycles. The zero-order valence-electron chi connectivity index (χ0n) is 15.5. The third kappa shape index (κ3) is 4.07. The van der Waals surface area contributed by atoms with E-state index in [1.807, 2.05) is 5.32 Å². The molecular formula is C15H17N5O7S2. The number of carbonyl (C=O) groups is 1. The van der Waals surface area contributed by atoms with Gasteiger partial charge in [-0.15, -0.1) is 4.98 Å². The van der Waals surface area contributed by atoms with Gasteiger partial charge in [-0.05, 0) is 25.0 Å². The summed E-state index contributed by atoms with van der Waals surface area (Å²) in [6, 6.07) is 2.78. The summed E-state index contributed by atoms with van der Waals surface area (Å²) in [6.07, 6.45) is 0.0584. The quantitative estimate of drug-likeness (QED) is 0.373. The van der Waals surface area contributed by atoms with Crippen LogP contribution in [0.15, 0.2) is 23.1 Å². The minimum absolute atomic E-state index is 0.000475. The molecule has 12 nitrogen and oxygen atoms in total. The molecule has 14 heteroatoms. The number of anilines is 1. The van der Waals surface area contributed by atoms with Crippen LogP contribution >= 0.6 is 0 Å². The van der Waals surface area contributed by atoms with E-state index in [-0.39, 0.29) is 28.5 Å². The molecule has 0 spiro atoms. The Bertz CT molecular complexity index is 1210. The van der Waals surface area contributed by atoms with Crippen molar-refractivity contribution >= 4 is 32.1 Å². The van der Waals surface area contributed by atoms with Gasteiger partial charge in [0.15, 0.2) is 5.75 Å². The second kappa shape index (κ2) is 7.11. The van der Waals surface area contributed by atoms with Crippen LogP contribution < -0.4 is 19.0 Å². The number of urea groups is 1. The number of aromatic nitrogens is 3. The lowest BCUT2D eigenvalue weighted by molar-refractivity contribution is -0.603. The molecule has 0 saturated heterocycles. The van der Waals surface area contributed by atoms with Crippen molar-refractivity contribution in [1.29, 1.82) is 0 Å². The van der Waals surface area contributed by atoms with Crippen molar-refractivity contribution in [2.24, 2.45) is 0 Å². The highest BCUT2D eigenvalue weighted by atomic mass is 32.2. The van der Waals surface area contributed by atoms with Crippen LogP contribution in [-0.4, -0.2) is 38.1 Å². The van der Waals surface area contributed by atoms with Gasteiger partial charge in [0.2, 0.25) is 11.6 Å². The molecule has 1 aromatic heterocycles. The van der Waals surface area contributed by atoms with Crippen LogP contribution in [-0.2, 0) is 26.6 Å². The molecule has 1 aromatic carbocycles. The highest BCUT2D eigenvalue weighted by Gasteiger charge is 2.35. The van der Waals surface area contributed by atoms with Crippen molar-refractivity contribution in [3.05, 3.63) is 40.6 Å². The molecule has 29 heavy (non-hydrogen) atoms. The van der Waals surface area contributed by atoms with Gasteiger partial charge in [-0.1, -0.05) is 17.1 Å². The number of fused-ring (bicyclic) bond motifs is 1. The van der Waals surface area contributed by atoms with E-state index in [0.29, 0.717) is 5.56 Å². The van der Waals surface area contributed by atoms with Gasteiger partial charge in [-0.2, -0.15) is 8.42 Å². The second-order valence-electron chi connectivity index (χ2n) is 6.33. The number of nitrogens with zero attached hydrogens (tertiary/aromatic N) is 3.